The van der Waals surface area contributed by atoms with Crippen molar-refractivity contribution in [3.05, 3.63) is 27.1 Å². The molecule has 0 aromatic carbocycles. The average Bonchev–Trinajstić information content (AvgIpc) is 2.86. The van der Waals surface area contributed by atoms with Crippen LogP contribution in [0.3, 0.4) is 0 Å². The molecule has 2 aromatic rings. The van der Waals surface area contributed by atoms with E-state index in [9.17, 15) is 4.79 Å². The smallest absolute Gasteiger partial charge is 0.222 e. The van der Waals surface area contributed by atoms with Gasteiger partial charge >= 0.3 is 0 Å². The fourth-order valence-corrected chi connectivity index (χ4v) is 2.75. The predicted molar refractivity (Wildman–Crippen MR) is 99.7 cm³/mol. The summed E-state index contributed by atoms with van der Waals surface area (Å²) in [5.74, 6) is -0.0397. The third-order valence-electron chi connectivity index (χ3n) is 3.32. The van der Waals surface area contributed by atoms with E-state index in [-0.39, 0.29) is 28.8 Å². The molecule has 0 saturated heterocycles. The first-order valence-electron chi connectivity index (χ1n) is 7.10. The zero-order valence-corrected chi connectivity index (χ0v) is 15.2. The molecular weight excluding hydrogens is 352 g/mol. The van der Waals surface area contributed by atoms with Crippen LogP contribution in [-0.2, 0) is 4.79 Å². The first-order valence-corrected chi connectivity index (χ1v) is 7.91. The van der Waals surface area contributed by atoms with Crippen molar-refractivity contribution < 1.29 is 4.79 Å². The van der Waals surface area contributed by atoms with Crippen molar-refractivity contribution in [2.45, 2.75) is 20.8 Å². The molecule has 0 radical (unpaired) electrons. The van der Waals surface area contributed by atoms with Crippen LogP contribution in [0, 0.1) is 47.8 Å². The first kappa shape index (κ1) is 20.2. The third kappa shape index (κ3) is 4.18. The lowest BCUT2D eigenvalue weighted by molar-refractivity contribution is -0.114. The number of rotatable bonds is 1. The summed E-state index contributed by atoms with van der Waals surface area (Å²) in [6.45, 7) is 4.71. The van der Waals surface area contributed by atoms with E-state index in [1.165, 1.54) is 6.92 Å². The summed E-state index contributed by atoms with van der Waals surface area (Å²) >= 11 is 1.16. The zero-order valence-electron chi connectivity index (χ0n) is 14.3. The van der Waals surface area contributed by atoms with Gasteiger partial charge in [-0.25, -0.2) is 4.98 Å². The number of nitrogens with two attached hydrogens (primary N) is 3. The van der Waals surface area contributed by atoms with E-state index in [1.54, 1.807) is 13.8 Å². The summed E-state index contributed by atoms with van der Waals surface area (Å²) in [4.78, 5) is 15.2. The summed E-state index contributed by atoms with van der Waals surface area (Å²) in [5, 5.41) is 28.8. The Kier molecular flexibility index (Phi) is 6.49. The summed E-state index contributed by atoms with van der Waals surface area (Å²) in [6.07, 6.45) is 0. The summed E-state index contributed by atoms with van der Waals surface area (Å²) in [6, 6.07) is 5.84. The van der Waals surface area contributed by atoms with Crippen LogP contribution in [0.5, 0.6) is 0 Å². The maximum absolute atomic E-state index is 10.8. The molecule has 0 unspecified atom stereocenters. The Morgan fingerprint density at radius 1 is 1.04 bits per heavy atom. The summed E-state index contributed by atoms with van der Waals surface area (Å²) in [5.41, 5.74) is 18.9. The van der Waals surface area contributed by atoms with Crippen LogP contribution in [0.25, 0.3) is 0 Å². The van der Waals surface area contributed by atoms with Crippen molar-refractivity contribution in [1.29, 1.82) is 15.8 Å². The van der Waals surface area contributed by atoms with Gasteiger partial charge in [0.15, 0.2) is 5.82 Å². The average molecular weight is 368 g/mol. The van der Waals surface area contributed by atoms with Gasteiger partial charge in [0.25, 0.3) is 0 Å². The molecule has 7 N–H and O–H groups in total. The highest BCUT2D eigenvalue weighted by atomic mass is 32.1. The number of hydrogen-bond donors (Lipinski definition) is 4. The van der Waals surface area contributed by atoms with Gasteiger partial charge in [-0.3, -0.25) is 4.79 Å². The molecule has 9 nitrogen and oxygen atoms in total. The number of nitrogens with one attached hydrogen (secondary N) is 1. The second-order valence-electron chi connectivity index (χ2n) is 5.07. The SMILES string of the molecule is CC(=O)Nc1nc(N)c(C#N)c(C)c1N.Cc1c(C#N)sc(N)c1C#N. The second-order valence-corrected chi connectivity index (χ2v) is 6.12. The van der Waals surface area contributed by atoms with Crippen molar-refractivity contribution in [2.75, 3.05) is 22.5 Å². The minimum absolute atomic E-state index is 0.0629. The largest absolute Gasteiger partial charge is 0.395 e. The lowest BCUT2D eigenvalue weighted by Crippen LogP contribution is -2.13. The highest BCUT2D eigenvalue weighted by Crippen LogP contribution is 2.28. The van der Waals surface area contributed by atoms with Crippen LogP contribution in [0.4, 0.5) is 22.3 Å². The molecule has 10 heteroatoms. The molecule has 0 aliphatic rings. The molecule has 2 aromatic heterocycles. The number of carbonyl (C=O) groups is 1. The van der Waals surface area contributed by atoms with Gasteiger partial charge in [0, 0.05) is 6.92 Å². The van der Waals surface area contributed by atoms with Crippen molar-refractivity contribution in [1.82, 2.24) is 4.98 Å². The number of nitriles is 3. The van der Waals surface area contributed by atoms with E-state index in [0.29, 0.717) is 26.6 Å². The lowest BCUT2D eigenvalue weighted by atomic mass is 10.1. The number of thiophene rings is 1. The zero-order chi connectivity index (χ0) is 20.0. The molecular formula is C16H16N8OS. The molecule has 1 amide bonds. The minimum atomic E-state index is -0.294. The Labute approximate surface area is 154 Å². The Bertz CT molecular complexity index is 988. The molecule has 26 heavy (non-hydrogen) atoms. The van der Waals surface area contributed by atoms with Crippen LogP contribution >= 0.6 is 11.3 Å². The Balaban J connectivity index is 0.000000273. The molecule has 0 saturated carbocycles. The van der Waals surface area contributed by atoms with E-state index in [4.69, 9.17) is 33.0 Å². The van der Waals surface area contributed by atoms with Crippen molar-refractivity contribution in [2.24, 2.45) is 0 Å². The van der Waals surface area contributed by atoms with Crippen molar-refractivity contribution >= 4 is 39.6 Å². The van der Waals surface area contributed by atoms with Gasteiger partial charge < -0.3 is 22.5 Å². The number of nitrogens with zero attached hydrogens (tertiary/aromatic N) is 4. The standard InChI is InChI=1S/C9H11N5O.C7H5N3S/c1-4-6(3-10)8(12)14-9(7(4)11)13-5(2)15;1-4-5(2-8)7(10)11-6(4)3-9/h11H2,1-2H3,(H3,12,13,14,15);10H2,1H3. The van der Waals surface area contributed by atoms with Crippen molar-refractivity contribution in [3.8, 4) is 18.2 Å². The van der Waals surface area contributed by atoms with Crippen LogP contribution in [0.2, 0.25) is 0 Å². The summed E-state index contributed by atoms with van der Waals surface area (Å²) < 4.78 is 0. The lowest BCUT2D eigenvalue weighted by Gasteiger charge is -2.10. The van der Waals surface area contributed by atoms with E-state index in [1.807, 2.05) is 18.2 Å². The van der Waals surface area contributed by atoms with Gasteiger partial charge in [-0.15, -0.1) is 11.3 Å². The molecule has 0 spiro atoms. The van der Waals surface area contributed by atoms with E-state index in [0.717, 1.165) is 11.3 Å². The summed E-state index contributed by atoms with van der Waals surface area (Å²) in [7, 11) is 0. The number of aromatic nitrogens is 1. The van der Waals surface area contributed by atoms with E-state index in [2.05, 4.69) is 10.3 Å². The van der Waals surface area contributed by atoms with Crippen LogP contribution < -0.4 is 22.5 Å². The fraction of sp³-hybridized carbons (Fsp3) is 0.188. The number of nitrogen functional groups attached to an aromatic ring is 3. The van der Waals surface area contributed by atoms with Crippen LogP contribution in [0.1, 0.15) is 34.1 Å². The van der Waals surface area contributed by atoms with Gasteiger partial charge in [0.1, 0.15) is 33.9 Å². The molecule has 2 heterocycles. The molecule has 0 aliphatic heterocycles. The Morgan fingerprint density at radius 2 is 1.62 bits per heavy atom. The number of carbonyl (C=O) groups excluding carboxylic acids is 1. The Hall–Kier alpha value is -3.81. The monoisotopic (exact) mass is 368 g/mol. The van der Waals surface area contributed by atoms with Crippen LogP contribution in [-0.4, -0.2) is 10.9 Å². The molecule has 0 atom stereocenters. The molecule has 132 valence electrons. The fourth-order valence-electron chi connectivity index (χ4n) is 1.93. The van der Waals surface area contributed by atoms with Gasteiger partial charge in [-0.05, 0) is 25.0 Å². The maximum atomic E-state index is 10.8. The number of pyridine rings is 1. The quantitative estimate of drug-likeness (QED) is 0.584. The highest BCUT2D eigenvalue weighted by molar-refractivity contribution is 7.16. The molecule has 0 bridgehead atoms. The molecule has 2 rings (SSSR count). The number of anilines is 4. The minimum Gasteiger partial charge on any atom is -0.395 e. The Morgan fingerprint density at radius 3 is 2.00 bits per heavy atom. The predicted octanol–water partition coefficient (Wildman–Crippen LogP) is 1.77. The third-order valence-corrected chi connectivity index (χ3v) is 4.34. The molecule has 0 aliphatic carbocycles. The number of amides is 1. The van der Waals surface area contributed by atoms with E-state index >= 15 is 0 Å². The van der Waals surface area contributed by atoms with Gasteiger partial charge in [-0.1, -0.05) is 0 Å². The van der Waals surface area contributed by atoms with E-state index < -0.39 is 0 Å². The van der Waals surface area contributed by atoms with Gasteiger partial charge in [0.2, 0.25) is 5.91 Å². The van der Waals surface area contributed by atoms with Crippen molar-refractivity contribution in [3.63, 3.8) is 0 Å². The maximum Gasteiger partial charge on any atom is 0.222 e. The first-order chi connectivity index (χ1) is 12.2. The highest BCUT2D eigenvalue weighted by Gasteiger charge is 2.13. The van der Waals surface area contributed by atoms with Crippen LogP contribution in [0.15, 0.2) is 0 Å². The topological polar surface area (TPSA) is 191 Å². The van der Waals surface area contributed by atoms with Gasteiger partial charge in [0.05, 0.1) is 16.8 Å². The normalized spacial score (nSPS) is 9.08. The second kappa shape index (κ2) is 8.34. The molecule has 0 fully saturated rings. The number of hydrogen-bond acceptors (Lipinski definition) is 9. The van der Waals surface area contributed by atoms with Gasteiger partial charge in [-0.2, -0.15) is 15.8 Å².